The van der Waals surface area contributed by atoms with E-state index in [1.54, 1.807) is 24.3 Å². The average molecular weight is 418 g/mol. The topological polar surface area (TPSA) is 104 Å². The van der Waals surface area contributed by atoms with Crippen molar-refractivity contribution in [2.24, 2.45) is 5.92 Å². The summed E-state index contributed by atoms with van der Waals surface area (Å²) in [5, 5.41) is 12.1. The molecule has 8 nitrogen and oxygen atoms in total. The Morgan fingerprint density at radius 1 is 1.03 bits per heavy atom. The lowest BCUT2D eigenvalue weighted by atomic mass is 10.1. The Morgan fingerprint density at radius 2 is 1.77 bits per heavy atom. The van der Waals surface area contributed by atoms with Gasteiger partial charge in [-0.3, -0.25) is 0 Å². The lowest BCUT2D eigenvalue weighted by Gasteiger charge is -2.03. The third-order valence-electron chi connectivity index (χ3n) is 4.60. The molecule has 0 aliphatic heterocycles. The number of hydrogen-bond acceptors (Lipinski definition) is 8. The van der Waals surface area contributed by atoms with Crippen LogP contribution in [0, 0.1) is 12.8 Å². The van der Waals surface area contributed by atoms with Crippen molar-refractivity contribution in [1.82, 2.24) is 20.3 Å². The van der Waals surface area contributed by atoms with Crippen LogP contribution in [0.5, 0.6) is 0 Å². The molecule has 158 valence electrons. The minimum atomic E-state index is -0.485. The fourth-order valence-corrected chi connectivity index (χ4v) is 3.02. The van der Waals surface area contributed by atoms with Crippen molar-refractivity contribution in [2.75, 3.05) is 0 Å². The summed E-state index contributed by atoms with van der Waals surface area (Å²) in [6.07, 6.45) is 0.708. The Balaban J connectivity index is 1.39. The highest BCUT2D eigenvalue weighted by molar-refractivity contribution is 5.89. The number of nitrogens with zero attached hydrogens (tertiary/aromatic N) is 4. The minimum absolute atomic E-state index is 0.0743. The number of aromatic nitrogens is 4. The highest BCUT2D eigenvalue weighted by Gasteiger charge is 2.15. The molecule has 4 aromatic rings. The molecule has 0 saturated carbocycles. The molecule has 4 rings (SSSR count). The molecule has 0 atom stereocenters. The van der Waals surface area contributed by atoms with Gasteiger partial charge in [0.15, 0.2) is 12.4 Å². The molecular weight excluding hydrogens is 396 g/mol. The molecule has 0 fully saturated rings. The molecule has 0 amide bonds. The summed E-state index contributed by atoms with van der Waals surface area (Å²) in [7, 11) is 0. The number of carbonyl (C=O) groups excluding carboxylic acids is 1. The zero-order chi connectivity index (χ0) is 21.8. The molecular formula is C23H22N4O4. The number of aryl methyl sites for hydroxylation is 1. The Morgan fingerprint density at radius 3 is 2.52 bits per heavy atom. The molecule has 0 saturated heterocycles. The molecule has 0 aliphatic carbocycles. The molecule has 2 aromatic carbocycles. The van der Waals surface area contributed by atoms with Gasteiger partial charge in [-0.05, 0) is 48.7 Å². The van der Waals surface area contributed by atoms with Gasteiger partial charge < -0.3 is 13.7 Å². The molecule has 2 aromatic heterocycles. The standard InChI is InChI=1S/C23H22N4O4/c1-14(2)12-19-24-20(31-27-19)13-29-23(28)17-10-8-16(9-11-17)21-25-26-22(30-21)18-7-5-4-6-15(18)3/h4-11,14H,12-13H2,1-3H3. The smallest absolute Gasteiger partial charge is 0.338 e. The van der Waals surface area contributed by atoms with Crippen LogP contribution in [0.2, 0.25) is 0 Å². The SMILES string of the molecule is Cc1ccccc1-c1nnc(-c2ccc(C(=O)OCc3nc(CC(C)C)no3)cc2)o1. The minimum Gasteiger partial charge on any atom is -0.452 e. The van der Waals surface area contributed by atoms with E-state index in [1.165, 1.54) is 0 Å². The first kappa shape index (κ1) is 20.5. The zero-order valence-corrected chi connectivity index (χ0v) is 17.5. The van der Waals surface area contributed by atoms with Gasteiger partial charge in [0.2, 0.25) is 11.8 Å². The number of ether oxygens (including phenoxy) is 1. The Bertz CT molecular complexity index is 1180. The number of rotatable bonds is 7. The van der Waals surface area contributed by atoms with Gasteiger partial charge in [-0.2, -0.15) is 4.98 Å². The molecule has 0 bridgehead atoms. The van der Waals surface area contributed by atoms with Gasteiger partial charge in [0.05, 0.1) is 5.56 Å². The van der Waals surface area contributed by atoms with Crippen LogP contribution in [0.4, 0.5) is 0 Å². The first-order valence-electron chi connectivity index (χ1n) is 9.98. The first-order valence-corrected chi connectivity index (χ1v) is 9.98. The molecule has 0 spiro atoms. The highest BCUT2D eigenvalue weighted by atomic mass is 16.6. The number of esters is 1. The predicted molar refractivity (Wildman–Crippen MR) is 112 cm³/mol. The Labute approximate surface area is 179 Å². The quantitative estimate of drug-likeness (QED) is 0.399. The lowest BCUT2D eigenvalue weighted by molar-refractivity contribution is 0.0430. The maximum absolute atomic E-state index is 12.3. The van der Waals surface area contributed by atoms with Crippen LogP contribution in [0.1, 0.15) is 41.5 Å². The van der Waals surface area contributed by atoms with Gasteiger partial charge >= 0.3 is 5.97 Å². The van der Waals surface area contributed by atoms with E-state index in [2.05, 4.69) is 34.2 Å². The van der Waals surface area contributed by atoms with E-state index in [9.17, 15) is 4.79 Å². The monoisotopic (exact) mass is 418 g/mol. The van der Waals surface area contributed by atoms with Crippen LogP contribution >= 0.6 is 0 Å². The largest absolute Gasteiger partial charge is 0.452 e. The first-order chi connectivity index (χ1) is 15.0. The molecule has 0 unspecified atom stereocenters. The van der Waals surface area contributed by atoms with Gasteiger partial charge in [0.25, 0.3) is 5.89 Å². The van der Waals surface area contributed by atoms with E-state index in [4.69, 9.17) is 13.7 Å². The van der Waals surface area contributed by atoms with Crippen molar-refractivity contribution in [3.8, 4) is 22.9 Å². The second-order valence-corrected chi connectivity index (χ2v) is 7.58. The van der Waals surface area contributed by atoms with Crippen LogP contribution < -0.4 is 0 Å². The van der Waals surface area contributed by atoms with Crippen molar-refractivity contribution in [3.63, 3.8) is 0 Å². The second-order valence-electron chi connectivity index (χ2n) is 7.58. The van der Waals surface area contributed by atoms with Gasteiger partial charge in [-0.15, -0.1) is 10.2 Å². The molecule has 0 aliphatic rings. The van der Waals surface area contributed by atoms with Gasteiger partial charge in [0, 0.05) is 17.5 Å². The van der Waals surface area contributed by atoms with Crippen molar-refractivity contribution in [2.45, 2.75) is 33.8 Å². The summed E-state index contributed by atoms with van der Waals surface area (Å²) in [6.45, 7) is 6.04. The fraction of sp³-hybridized carbons (Fsp3) is 0.261. The number of carbonyl (C=O) groups is 1. The van der Waals surface area contributed by atoms with E-state index in [0.717, 1.165) is 11.1 Å². The van der Waals surface area contributed by atoms with Gasteiger partial charge in [-0.1, -0.05) is 37.2 Å². The lowest BCUT2D eigenvalue weighted by Crippen LogP contribution is -2.05. The summed E-state index contributed by atoms with van der Waals surface area (Å²) < 4.78 is 16.2. The molecule has 8 heteroatoms. The predicted octanol–water partition coefficient (Wildman–Crippen LogP) is 4.65. The maximum atomic E-state index is 12.3. The average Bonchev–Trinajstić information content (AvgIpc) is 3.42. The van der Waals surface area contributed by atoms with Crippen molar-refractivity contribution < 1.29 is 18.5 Å². The van der Waals surface area contributed by atoms with E-state index in [0.29, 0.717) is 41.1 Å². The summed E-state index contributed by atoms with van der Waals surface area (Å²) in [5.74, 6) is 1.64. The van der Waals surface area contributed by atoms with Gasteiger partial charge in [-0.25, -0.2) is 4.79 Å². The van der Waals surface area contributed by atoms with Crippen LogP contribution in [-0.2, 0) is 17.8 Å². The molecule has 0 N–H and O–H groups in total. The zero-order valence-electron chi connectivity index (χ0n) is 17.5. The van der Waals surface area contributed by atoms with E-state index < -0.39 is 5.97 Å². The Hall–Kier alpha value is -3.81. The molecule has 0 radical (unpaired) electrons. The van der Waals surface area contributed by atoms with Crippen molar-refractivity contribution in [3.05, 3.63) is 71.4 Å². The van der Waals surface area contributed by atoms with Crippen LogP contribution in [0.25, 0.3) is 22.9 Å². The summed E-state index contributed by atoms with van der Waals surface area (Å²) in [4.78, 5) is 16.5. The second kappa shape index (κ2) is 8.91. The summed E-state index contributed by atoms with van der Waals surface area (Å²) in [6, 6.07) is 14.6. The number of hydrogen-bond donors (Lipinski definition) is 0. The molecule has 2 heterocycles. The number of benzene rings is 2. The molecule has 31 heavy (non-hydrogen) atoms. The summed E-state index contributed by atoms with van der Waals surface area (Å²) >= 11 is 0. The van der Waals surface area contributed by atoms with Crippen molar-refractivity contribution in [1.29, 1.82) is 0 Å². The van der Waals surface area contributed by atoms with E-state index in [-0.39, 0.29) is 12.5 Å². The van der Waals surface area contributed by atoms with Crippen molar-refractivity contribution >= 4 is 5.97 Å². The Kier molecular flexibility index (Phi) is 5.88. The highest BCUT2D eigenvalue weighted by Crippen LogP contribution is 2.26. The summed E-state index contributed by atoms with van der Waals surface area (Å²) in [5.41, 5.74) is 3.04. The van der Waals surface area contributed by atoms with Gasteiger partial charge in [0.1, 0.15) is 0 Å². The van der Waals surface area contributed by atoms with Crippen LogP contribution in [0.3, 0.4) is 0 Å². The van der Waals surface area contributed by atoms with E-state index in [1.807, 2.05) is 31.2 Å². The third-order valence-corrected chi connectivity index (χ3v) is 4.60. The third kappa shape index (κ3) is 4.85. The fourth-order valence-electron chi connectivity index (χ4n) is 3.02. The van der Waals surface area contributed by atoms with E-state index >= 15 is 0 Å². The van der Waals surface area contributed by atoms with Crippen LogP contribution in [-0.4, -0.2) is 26.3 Å². The maximum Gasteiger partial charge on any atom is 0.338 e. The normalized spacial score (nSPS) is 11.1. The van der Waals surface area contributed by atoms with Crippen LogP contribution in [0.15, 0.2) is 57.5 Å².